The number of hydrogen-bond acceptors (Lipinski definition) is 6. The predicted octanol–water partition coefficient (Wildman–Crippen LogP) is 3.72. The molecule has 2 fully saturated rings. The highest BCUT2D eigenvalue weighted by Gasteiger charge is 2.58. The van der Waals surface area contributed by atoms with Crippen LogP contribution in [0.4, 0.5) is 8.78 Å². The molecular formula is C25H31F2N7O. The minimum Gasteiger partial charge on any atom is -0.496 e. The maximum Gasteiger partial charge on any atom is 0.249 e. The Balaban J connectivity index is 1.50. The topological polar surface area (TPSA) is 118 Å². The number of aromatic nitrogens is 2. The van der Waals surface area contributed by atoms with Crippen LogP contribution in [-0.2, 0) is 6.54 Å². The molecule has 5 rings (SSSR count). The molecular weight excluding hydrogens is 452 g/mol. The highest BCUT2D eigenvalue weighted by Crippen LogP contribution is 2.60. The number of amidine groups is 1. The van der Waals surface area contributed by atoms with Crippen LogP contribution in [0.25, 0.3) is 10.9 Å². The minimum absolute atomic E-state index is 0.0488. The van der Waals surface area contributed by atoms with Gasteiger partial charge in [0.15, 0.2) is 5.84 Å². The number of pyridine rings is 1. The average Bonchev–Trinajstić information content (AvgIpc) is 3.32. The Labute approximate surface area is 202 Å². The number of piperidine rings is 1. The first-order valence-corrected chi connectivity index (χ1v) is 11.7. The number of aryl methyl sites for hydroxylation is 1. The molecule has 2 aromatic heterocycles. The van der Waals surface area contributed by atoms with Crippen molar-refractivity contribution in [2.45, 2.75) is 51.1 Å². The molecule has 0 amide bonds. The number of benzene rings is 1. The summed E-state index contributed by atoms with van der Waals surface area (Å²) < 4.78 is 33.7. The van der Waals surface area contributed by atoms with Crippen LogP contribution in [0, 0.1) is 12.3 Å². The van der Waals surface area contributed by atoms with E-state index in [1.165, 1.54) is 0 Å². The maximum absolute atomic E-state index is 13.9. The van der Waals surface area contributed by atoms with Crippen molar-refractivity contribution < 1.29 is 13.5 Å². The lowest BCUT2D eigenvalue weighted by Crippen LogP contribution is -2.53. The van der Waals surface area contributed by atoms with Gasteiger partial charge in [-0.3, -0.25) is 9.88 Å². The monoisotopic (exact) mass is 483 g/mol. The normalized spacial score (nSPS) is 21.7. The molecule has 1 aliphatic heterocycles. The Bertz CT molecular complexity index is 1250. The largest absolute Gasteiger partial charge is 0.496 e. The van der Waals surface area contributed by atoms with Crippen molar-refractivity contribution >= 4 is 16.7 Å². The number of H-pyrrole nitrogens is 1. The van der Waals surface area contributed by atoms with E-state index in [2.05, 4.69) is 38.4 Å². The summed E-state index contributed by atoms with van der Waals surface area (Å²) in [5, 5.41) is 4.72. The highest BCUT2D eigenvalue weighted by atomic mass is 19.3. The van der Waals surface area contributed by atoms with Gasteiger partial charge in [-0.05, 0) is 61.1 Å². The van der Waals surface area contributed by atoms with Gasteiger partial charge in [0, 0.05) is 54.3 Å². The molecule has 1 aromatic carbocycles. The van der Waals surface area contributed by atoms with Gasteiger partial charge in [0.1, 0.15) is 11.4 Å². The van der Waals surface area contributed by atoms with Gasteiger partial charge in [0.05, 0.1) is 7.11 Å². The second-order valence-electron chi connectivity index (χ2n) is 9.89. The van der Waals surface area contributed by atoms with Crippen molar-refractivity contribution in [3.05, 3.63) is 59.0 Å². The molecule has 0 bridgehead atoms. The Hall–Kier alpha value is -3.24. The third kappa shape index (κ3) is 4.21. The Morgan fingerprint density at radius 3 is 2.77 bits per heavy atom. The molecule has 10 heteroatoms. The number of nitrogens with zero attached hydrogens (tertiary/aromatic N) is 3. The number of hydrazone groups is 1. The maximum atomic E-state index is 13.9. The van der Waals surface area contributed by atoms with Crippen molar-refractivity contribution in [2.24, 2.45) is 22.2 Å². The summed E-state index contributed by atoms with van der Waals surface area (Å²) >= 11 is 0. The summed E-state index contributed by atoms with van der Waals surface area (Å²) in [5.41, 5.74) is 6.85. The number of nitrogens with two attached hydrogens (primary N) is 2. The van der Waals surface area contributed by atoms with Crippen molar-refractivity contribution in [1.29, 1.82) is 0 Å². The van der Waals surface area contributed by atoms with Gasteiger partial charge in [-0.15, -0.1) is 0 Å². The number of hydrazine groups is 1. The number of ether oxygens (including phenoxy) is 1. The van der Waals surface area contributed by atoms with Crippen molar-refractivity contribution in [1.82, 2.24) is 20.3 Å². The van der Waals surface area contributed by atoms with E-state index in [1.807, 2.05) is 18.3 Å². The Morgan fingerprint density at radius 1 is 1.34 bits per heavy atom. The Kier molecular flexibility index (Phi) is 5.88. The van der Waals surface area contributed by atoms with Crippen LogP contribution in [0.15, 0.2) is 41.8 Å². The number of hydrogen-bond donors (Lipinski definition) is 4. The zero-order valence-electron chi connectivity index (χ0n) is 19.9. The molecule has 6 N–H and O–H groups in total. The van der Waals surface area contributed by atoms with Crippen LogP contribution in [-0.4, -0.2) is 40.3 Å². The van der Waals surface area contributed by atoms with Gasteiger partial charge in [-0.2, -0.15) is 5.10 Å². The number of nitrogens with one attached hydrogen (secondary N) is 2. The molecule has 8 nitrogen and oxygen atoms in total. The van der Waals surface area contributed by atoms with Gasteiger partial charge in [0.2, 0.25) is 5.92 Å². The third-order valence-electron chi connectivity index (χ3n) is 7.64. The van der Waals surface area contributed by atoms with E-state index in [-0.39, 0.29) is 30.1 Å². The number of rotatable bonds is 5. The van der Waals surface area contributed by atoms with E-state index < -0.39 is 5.92 Å². The van der Waals surface area contributed by atoms with Gasteiger partial charge in [0.25, 0.3) is 0 Å². The molecule has 0 radical (unpaired) electrons. The SMILES string of the molecule is COc1cc(C)c2[nH]ccc2c1CN1CCC2(CC1c1ccc(/C(=N/N)NN)nc1)CC(F)(F)C2. The molecule has 1 saturated carbocycles. The van der Waals surface area contributed by atoms with Gasteiger partial charge in [-0.1, -0.05) is 6.07 Å². The summed E-state index contributed by atoms with van der Waals surface area (Å²) in [6.07, 6.45) is 5.00. The number of likely N-dealkylation sites (tertiary alicyclic amines) is 1. The summed E-state index contributed by atoms with van der Waals surface area (Å²) in [6.45, 7) is 3.40. The lowest BCUT2D eigenvalue weighted by atomic mass is 9.59. The van der Waals surface area contributed by atoms with Crippen LogP contribution < -0.4 is 21.8 Å². The van der Waals surface area contributed by atoms with E-state index in [0.29, 0.717) is 25.2 Å². The molecule has 1 spiro atoms. The fraction of sp³-hybridized carbons (Fsp3) is 0.440. The Morgan fingerprint density at radius 2 is 2.14 bits per heavy atom. The highest BCUT2D eigenvalue weighted by molar-refractivity contribution is 5.96. The first kappa shape index (κ1) is 23.5. The second kappa shape index (κ2) is 8.76. The van der Waals surface area contributed by atoms with Gasteiger partial charge < -0.3 is 21.0 Å². The van der Waals surface area contributed by atoms with Crippen molar-refractivity contribution in [3.8, 4) is 5.75 Å². The summed E-state index contributed by atoms with van der Waals surface area (Å²) in [7, 11) is 1.68. The first-order chi connectivity index (χ1) is 16.8. The standard InChI is InChI=1S/C25H31F2N7O/c1-15-9-21(35-2)18(17-5-7-30-22(15)17)12-34-8-6-24(13-25(26,27)14-24)10-20(34)16-3-4-19(31-11-16)23(32-28)33-29/h3-5,7,9,11,20,30H,6,8,10,12-14,28-29H2,1-2H3,(H,32,33). The van der Waals surface area contributed by atoms with Crippen LogP contribution in [0.2, 0.25) is 0 Å². The molecule has 1 saturated heterocycles. The number of aromatic amines is 1. The fourth-order valence-corrected chi connectivity index (χ4v) is 5.97. The fourth-order valence-electron chi connectivity index (χ4n) is 5.97. The third-order valence-corrected chi connectivity index (χ3v) is 7.64. The van der Waals surface area contributed by atoms with Crippen LogP contribution in [0.5, 0.6) is 5.75 Å². The predicted molar refractivity (Wildman–Crippen MR) is 131 cm³/mol. The van der Waals surface area contributed by atoms with Crippen LogP contribution >= 0.6 is 0 Å². The second-order valence-corrected chi connectivity index (χ2v) is 9.89. The lowest BCUT2D eigenvalue weighted by Gasteiger charge is -2.54. The first-order valence-electron chi connectivity index (χ1n) is 11.7. The van der Waals surface area contributed by atoms with Crippen molar-refractivity contribution in [2.75, 3.05) is 13.7 Å². The molecule has 1 aliphatic carbocycles. The van der Waals surface area contributed by atoms with Crippen LogP contribution in [0.1, 0.15) is 54.1 Å². The quantitative estimate of drug-likeness (QED) is 0.190. The van der Waals surface area contributed by atoms with E-state index in [1.54, 1.807) is 19.4 Å². The molecule has 35 heavy (non-hydrogen) atoms. The van der Waals surface area contributed by atoms with Crippen molar-refractivity contribution in [3.63, 3.8) is 0 Å². The minimum atomic E-state index is -2.56. The average molecular weight is 484 g/mol. The molecule has 1 unspecified atom stereocenters. The summed E-state index contributed by atoms with van der Waals surface area (Å²) in [4.78, 5) is 10.2. The van der Waals surface area contributed by atoms with Gasteiger partial charge in [-0.25, -0.2) is 14.6 Å². The number of alkyl halides is 2. The molecule has 3 aromatic rings. The van der Waals surface area contributed by atoms with Gasteiger partial charge >= 0.3 is 0 Å². The van der Waals surface area contributed by atoms with E-state index >= 15 is 0 Å². The molecule has 2 aliphatic rings. The number of fused-ring (bicyclic) bond motifs is 1. The van der Waals surface area contributed by atoms with E-state index in [0.717, 1.165) is 39.8 Å². The van der Waals surface area contributed by atoms with Crippen LogP contribution in [0.3, 0.4) is 0 Å². The summed E-state index contributed by atoms with van der Waals surface area (Å²) in [6, 6.07) is 7.80. The van der Waals surface area contributed by atoms with E-state index in [9.17, 15) is 8.78 Å². The zero-order chi connectivity index (χ0) is 24.8. The number of halogens is 2. The number of methoxy groups -OCH3 is 1. The van der Waals surface area contributed by atoms with E-state index in [4.69, 9.17) is 16.4 Å². The lowest BCUT2D eigenvalue weighted by molar-refractivity contribution is -0.186. The molecule has 186 valence electrons. The summed E-state index contributed by atoms with van der Waals surface area (Å²) in [5.74, 6) is 9.38. The molecule has 3 heterocycles. The molecule has 1 atom stereocenters. The zero-order valence-corrected chi connectivity index (χ0v) is 19.9. The smallest absolute Gasteiger partial charge is 0.249 e.